The van der Waals surface area contributed by atoms with E-state index in [0.29, 0.717) is 30.0 Å². The first-order chi connectivity index (χ1) is 12.5. The van der Waals surface area contributed by atoms with Gasteiger partial charge in [0.1, 0.15) is 11.5 Å². The van der Waals surface area contributed by atoms with Gasteiger partial charge < -0.3 is 24.6 Å². The van der Waals surface area contributed by atoms with Gasteiger partial charge >= 0.3 is 0 Å². The molecule has 0 bridgehead atoms. The lowest BCUT2D eigenvalue weighted by molar-refractivity contribution is -0.132. The number of amides is 2. The second-order valence-corrected chi connectivity index (χ2v) is 6.57. The van der Waals surface area contributed by atoms with Gasteiger partial charge in [0.25, 0.3) is 5.91 Å². The summed E-state index contributed by atoms with van der Waals surface area (Å²) in [5, 5.41) is 3.23. The molecule has 0 saturated carbocycles. The number of nitrogens with one attached hydrogen (secondary N) is 1. The Balaban J connectivity index is 2.08. The molecular formula is C19H29N3O4. The van der Waals surface area contributed by atoms with Crippen molar-refractivity contribution in [3.05, 3.63) is 23.8 Å². The van der Waals surface area contributed by atoms with Crippen molar-refractivity contribution in [1.29, 1.82) is 0 Å². The molecule has 0 unspecified atom stereocenters. The van der Waals surface area contributed by atoms with E-state index in [9.17, 15) is 9.59 Å². The fourth-order valence-corrected chi connectivity index (χ4v) is 2.98. The van der Waals surface area contributed by atoms with Crippen molar-refractivity contribution in [3.8, 4) is 11.5 Å². The lowest BCUT2D eigenvalue weighted by atomic mass is 10.1. The predicted octanol–water partition coefficient (Wildman–Crippen LogP) is 1.38. The maximum absolute atomic E-state index is 13.0. The molecule has 1 fully saturated rings. The highest BCUT2D eigenvalue weighted by Crippen LogP contribution is 2.24. The highest BCUT2D eigenvalue weighted by Gasteiger charge is 2.23. The SMILES string of the molecule is COc1cc(OC)cc(C(=O)N(CCC(=O)N2CCNCC2)C(C)C)c1. The molecule has 0 aromatic heterocycles. The molecule has 1 aromatic rings. The van der Waals surface area contributed by atoms with Crippen LogP contribution in [0.5, 0.6) is 11.5 Å². The molecule has 0 atom stereocenters. The molecule has 0 aliphatic carbocycles. The molecule has 2 rings (SSSR count). The van der Waals surface area contributed by atoms with Crippen LogP contribution in [0.2, 0.25) is 0 Å². The maximum Gasteiger partial charge on any atom is 0.254 e. The van der Waals surface area contributed by atoms with E-state index in [-0.39, 0.29) is 17.9 Å². The van der Waals surface area contributed by atoms with Crippen LogP contribution in [0.1, 0.15) is 30.6 Å². The van der Waals surface area contributed by atoms with Crippen LogP contribution in [0.3, 0.4) is 0 Å². The zero-order valence-electron chi connectivity index (χ0n) is 16.1. The van der Waals surface area contributed by atoms with Crippen LogP contribution >= 0.6 is 0 Å². The molecule has 7 nitrogen and oxygen atoms in total. The summed E-state index contributed by atoms with van der Waals surface area (Å²) < 4.78 is 10.5. The molecule has 7 heteroatoms. The van der Waals surface area contributed by atoms with Gasteiger partial charge in [0.2, 0.25) is 5.91 Å². The van der Waals surface area contributed by atoms with Gasteiger partial charge in [-0.25, -0.2) is 0 Å². The van der Waals surface area contributed by atoms with Gasteiger partial charge in [0.15, 0.2) is 0 Å². The average molecular weight is 363 g/mol. The quantitative estimate of drug-likeness (QED) is 0.792. The highest BCUT2D eigenvalue weighted by atomic mass is 16.5. The van der Waals surface area contributed by atoms with Crippen LogP contribution in [0.25, 0.3) is 0 Å². The number of nitrogens with zero attached hydrogens (tertiary/aromatic N) is 2. The number of carbonyl (C=O) groups excluding carboxylic acids is 2. The lowest BCUT2D eigenvalue weighted by Gasteiger charge is -2.30. The first-order valence-corrected chi connectivity index (χ1v) is 8.98. The molecular weight excluding hydrogens is 334 g/mol. The molecule has 1 heterocycles. The van der Waals surface area contributed by atoms with Gasteiger partial charge in [-0.05, 0) is 26.0 Å². The van der Waals surface area contributed by atoms with Crippen molar-refractivity contribution in [2.75, 3.05) is 46.9 Å². The van der Waals surface area contributed by atoms with Gasteiger partial charge in [-0.1, -0.05) is 0 Å². The second kappa shape index (κ2) is 9.43. The Bertz CT molecular complexity index is 605. The number of hydrogen-bond donors (Lipinski definition) is 1. The zero-order valence-corrected chi connectivity index (χ0v) is 16.1. The number of methoxy groups -OCH3 is 2. The van der Waals surface area contributed by atoms with Crippen LogP contribution in [-0.4, -0.2) is 74.6 Å². The largest absolute Gasteiger partial charge is 0.497 e. The summed E-state index contributed by atoms with van der Waals surface area (Å²) in [6.07, 6.45) is 0.324. The van der Waals surface area contributed by atoms with Crippen molar-refractivity contribution >= 4 is 11.8 Å². The van der Waals surface area contributed by atoms with Crippen molar-refractivity contribution in [3.63, 3.8) is 0 Å². The topological polar surface area (TPSA) is 71.1 Å². The standard InChI is InChI=1S/C19H29N3O4/c1-14(2)22(8-5-18(23)21-9-6-20-7-10-21)19(24)15-11-16(25-3)13-17(12-15)26-4/h11-14,20H,5-10H2,1-4H3. The Hall–Kier alpha value is -2.28. The number of benzene rings is 1. The predicted molar refractivity (Wildman–Crippen MR) is 99.8 cm³/mol. The number of piperazine rings is 1. The Morgan fingerprint density at radius 3 is 2.19 bits per heavy atom. The Morgan fingerprint density at radius 1 is 1.12 bits per heavy atom. The molecule has 1 N–H and O–H groups in total. The summed E-state index contributed by atoms with van der Waals surface area (Å²) in [6.45, 7) is 7.38. The molecule has 0 spiro atoms. The monoisotopic (exact) mass is 363 g/mol. The number of ether oxygens (including phenoxy) is 2. The van der Waals surface area contributed by atoms with E-state index in [0.717, 1.165) is 26.2 Å². The van der Waals surface area contributed by atoms with Crippen LogP contribution in [0.4, 0.5) is 0 Å². The minimum absolute atomic E-state index is 0.0180. The highest BCUT2D eigenvalue weighted by molar-refractivity contribution is 5.95. The molecule has 0 radical (unpaired) electrons. The summed E-state index contributed by atoms with van der Waals surface area (Å²) in [4.78, 5) is 29.0. The molecule has 1 saturated heterocycles. The summed E-state index contributed by atoms with van der Waals surface area (Å²) in [5.41, 5.74) is 0.490. The fraction of sp³-hybridized carbons (Fsp3) is 0.579. The number of carbonyl (C=O) groups is 2. The minimum Gasteiger partial charge on any atom is -0.497 e. The number of rotatable bonds is 7. The maximum atomic E-state index is 13.0. The number of hydrogen-bond acceptors (Lipinski definition) is 5. The van der Waals surface area contributed by atoms with Gasteiger partial charge in [-0.2, -0.15) is 0 Å². The summed E-state index contributed by atoms with van der Waals surface area (Å²) in [7, 11) is 3.10. The van der Waals surface area contributed by atoms with Gasteiger partial charge in [-0.15, -0.1) is 0 Å². The lowest BCUT2D eigenvalue weighted by Crippen LogP contribution is -2.47. The molecule has 26 heavy (non-hydrogen) atoms. The third kappa shape index (κ3) is 5.11. The molecule has 1 aliphatic rings. The van der Waals surface area contributed by atoms with E-state index < -0.39 is 0 Å². The third-order valence-corrected chi connectivity index (χ3v) is 4.52. The van der Waals surface area contributed by atoms with Crippen LogP contribution in [-0.2, 0) is 4.79 Å². The van der Waals surface area contributed by atoms with E-state index in [1.165, 1.54) is 0 Å². The van der Waals surface area contributed by atoms with E-state index in [1.807, 2.05) is 18.7 Å². The molecule has 144 valence electrons. The Morgan fingerprint density at radius 2 is 1.69 bits per heavy atom. The first kappa shape index (κ1) is 20.0. The second-order valence-electron chi connectivity index (χ2n) is 6.57. The first-order valence-electron chi connectivity index (χ1n) is 8.98. The van der Waals surface area contributed by atoms with E-state index in [4.69, 9.17) is 9.47 Å². The Kier molecular flexibility index (Phi) is 7.26. The van der Waals surface area contributed by atoms with Gasteiger partial charge in [-0.3, -0.25) is 9.59 Å². The molecule has 2 amide bonds. The summed E-state index contributed by atoms with van der Waals surface area (Å²) in [5.74, 6) is 1.08. The van der Waals surface area contributed by atoms with E-state index in [1.54, 1.807) is 37.3 Å². The van der Waals surface area contributed by atoms with Gasteiger partial charge in [0, 0.05) is 56.8 Å². The van der Waals surface area contributed by atoms with Gasteiger partial charge in [0.05, 0.1) is 14.2 Å². The van der Waals surface area contributed by atoms with Crippen molar-refractivity contribution < 1.29 is 19.1 Å². The smallest absolute Gasteiger partial charge is 0.254 e. The van der Waals surface area contributed by atoms with E-state index in [2.05, 4.69) is 5.32 Å². The molecule has 1 aromatic carbocycles. The summed E-state index contributed by atoms with van der Waals surface area (Å²) >= 11 is 0. The summed E-state index contributed by atoms with van der Waals surface area (Å²) in [6, 6.07) is 5.09. The van der Waals surface area contributed by atoms with Crippen molar-refractivity contribution in [2.24, 2.45) is 0 Å². The van der Waals surface area contributed by atoms with E-state index >= 15 is 0 Å². The third-order valence-electron chi connectivity index (χ3n) is 4.52. The molecule has 1 aliphatic heterocycles. The normalized spacial score (nSPS) is 14.3. The van der Waals surface area contributed by atoms with Crippen LogP contribution in [0.15, 0.2) is 18.2 Å². The van der Waals surface area contributed by atoms with Crippen molar-refractivity contribution in [1.82, 2.24) is 15.1 Å². The van der Waals surface area contributed by atoms with Crippen LogP contribution in [0, 0.1) is 0 Å². The average Bonchev–Trinajstić information content (AvgIpc) is 2.67. The zero-order chi connectivity index (χ0) is 19.1. The van der Waals surface area contributed by atoms with Crippen LogP contribution < -0.4 is 14.8 Å². The Labute approximate surface area is 155 Å². The minimum atomic E-state index is -0.134. The van der Waals surface area contributed by atoms with Crippen molar-refractivity contribution in [2.45, 2.75) is 26.3 Å². The fourth-order valence-electron chi connectivity index (χ4n) is 2.98.